The predicted octanol–water partition coefficient (Wildman–Crippen LogP) is 3.30. The molecule has 0 atom stereocenters. The van der Waals surface area contributed by atoms with Crippen molar-refractivity contribution in [2.45, 2.75) is 0 Å². The lowest BCUT2D eigenvalue weighted by Crippen LogP contribution is -2.13. The fraction of sp³-hybridized carbons (Fsp3) is 0. The van der Waals surface area contributed by atoms with Gasteiger partial charge in [0.05, 0.1) is 0 Å². The van der Waals surface area contributed by atoms with Gasteiger partial charge in [0.2, 0.25) is 0 Å². The smallest absolute Gasteiger partial charge is 0.266 e. The molecular weight excluding hydrogens is 304 g/mol. The number of halogens is 1. The van der Waals surface area contributed by atoms with Gasteiger partial charge in [-0.3, -0.25) is 4.79 Å². The first-order valence-electron chi connectivity index (χ1n) is 6.20. The van der Waals surface area contributed by atoms with Gasteiger partial charge < -0.3 is 15.5 Å². The van der Waals surface area contributed by atoms with Gasteiger partial charge >= 0.3 is 0 Å². The number of phenolic OH excluding ortho intramolecular Hbond substituents is 2. The number of carbonyl (C=O) groups is 1. The fourth-order valence-corrected chi connectivity index (χ4v) is 1.90. The van der Waals surface area contributed by atoms with Gasteiger partial charge in [-0.15, -0.1) is 0 Å². The highest BCUT2D eigenvalue weighted by molar-refractivity contribution is 6.31. The second-order valence-electron chi connectivity index (χ2n) is 4.38. The van der Waals surface area contributed by atoms with Crippen LogP contribution in [0.3, 0.4) is 0 Å². The van der Waals surface area contributed by atoms with Gasteiger partial charge in [-0.2, -0.15) is 5.26 Å². The fourth-order valence-electron chi connectivity index (χ4n) is 1.71. The number of rotatable bonds is 3. The number of hydrogen-bond donors (Lipinski definition) is 3. The largest absolute Gasteiger partial charge is 0.504 e. The Balaban J connectivity index is 2.23. The second-order valence-corrected chi connectivity index (χ2v) is 4.82. The van der Waals surface area contributed by atoms with Crippen LogP contribution in [0.4, 0.5) is 5.69 Å². The van der Waals surface area contributed by atoms with Crippen LogP contribution < -0.4 is 5.32 Å². The molecule has 22 heavy (non-hydrogen) atoms. The summed E-state index contributed by atoms with van der Waals surface area (Å²) in [5.41, 5.74) is 0.727. The number of nitrogens with zero attached hydrogens (tertiary/aromatic N) is 1. The molecule has 0 fully saturated rings. The molecule has 0 aliphatic heterocycles. The minimum Gasteiger partial charge on any atom is -0.504 e. The van der Waals surface area contributed by atoms with Gasteiger partial charge in [0.15, 0.2) is 11.5 Å². The zero-order valence-corrected chi connectivity index (χ0v) is 12.0. The Hall–Kier alpha value is -2.97. The molecule has 0 unspecified atom stereocenters. The molecule has 6 heteroatoms. The molecule has 2 rings (SSSR count). The molecule has 0 radical (unpaired) electrons. The van der Waals surface area contributed by atoms with Crippen LogP contribution in [0.1, 0.15) is 5.56 Å². The highest BCUT2D eigenvalue weighted by Gasteiger charge is 2.10. The van der Waals surface area contributed by atoms with E-state index in [0.717, 1.165) is 0 Å². The van der Waals surface area contributed by atoms with Gasteiger partial charge in [0.1, 0.15) is 11.6 Å². The summed E-state index contributed by atoms with van der Waals surface area (Å²) < 4.78 is 0. The van der Waals surface area contributed by atoms with E-state index in [4.69, 9.17) is 16.9 Å². The van der Waals surface area contributed by atoms with Crippen molar-refractivity contribution in [3.8, 4) is 17.6 Å². The molecular formula is C16H11ClN2O3. The number of anilines is 1. The van der Waals surface area contributed by atoms with Gasteiger partial charge in [-0.25, -0.2) is 0 Å². The molecule has 2 aromatic rings. The van der Waals surface area contributed by atoms with Crippen LogP contribution in [0, 0.1) is 11.3 Å². The number of benzene rings is 2. The Morgan fingerprint density at radius 3 is 2.59 bits per heavy atom. The van der Waals surface area contributed by atoms with Crippen molar-refractivity contribution in [2.75, 3.05) is 5.32 Å². The van der Waals surface area contributed by atoms with Crippen molar-refractivity contribution in [1.82, 2.24) is 0 Å². The number of nitrogens with one attached hydrogen (secondary N) is 1. The first kappa shape index (κ1) is 15.4. The van der Waals surface area contributed by atoms with Gasteiger partial charge in [0.25, 0.3) is 5.91 Å². The summed E-state index contributed by atoms with van der Waals surface area (Å²) in [6, 6.07) is 12.3. The second kappa shape index (κ2) is 6.66. The summed E-state index contributed by atoms with van der Waals surface area (Å²) >= 11 is 5.82. The molecule has 0 saturated heterocycles. The molecule has 0 spiro atoms. The maximum absolute atomic E-state index is 12.1. The summed E-state index contributed by atoms with van der Waals surface area (Å²) in [4.78, 5) is 12.1. The monoisotopic (exact) mass is 314 g/mol. The van der Waals surface area contributed by atoms with Crippen LogP contribution in [-0.4, -0.2) is 16.1 Å². The summed E-state index contributed by atoms with van der Waals surface area (Å²) in [5, 5.41) is 30.8. The van der Waals surface area contributed by atoms with Crippen LogP contribution in [0.2, 0.25) is 5.02 Å². The van der Waals surface area contributed by atoms with Crippen molar-refractivity contribution in [2.24, 2.45) is 0 Å². The van der Waals surface area contributed by atoms with E-state index in [1.165, 1.54) is 24.3 Å². The lowest BCUT2D eigenvalue weighted by Gasteiger charge is -2.05. The van der Waals surface area contributed by atoms with E-state index in [1.807, 2.05) is 0 Å². The Morgan fingerprint density at radius 2 is 1.95 bits per heavy atom. The standard InChI is InChI=1S/C16H11ClN2O3/c17-12-2-1-3-13(8-12)19-16(22)11(9-18)6-10-4-5-14(20)15(21)7-10/h1-8,20-21H,(H,19,22). The third-order valence-electron chi connectivity index (χ3n) is 2.76. The minimum absolute atomic E-state index is 0.148. The average molecular weight is 315 g/mol. The number of phenols is 2. The summed E-state index contributed by atoms with van der Waals surface area (Å²) in [6.45, 7) is 0. The molecule has 110 valence electrons. The van der Waals surface area contributed by atoms with Crippen molar-refractivity contribution in [1.29, 1.82) is 5.26 Å². The van der Waals surface area contributed by atoms with Crippen LogP contribution in [0.25, 0.3) is 6.08 Å². The van der Waals surface area contributed by atoms with Crippen molar-refractivity contribution >= 4 is 29.3 Å². The predicted molar refractivity (Wildman–Crippen MR) is 83.4 cm³/mol. The van der Waals surface area contributed by atoms with Crippen LogP contribution in [-0.2, 0) is 4.79 Å². The molecule has 3 N–H and O–H groups in total. The maximum atomic E-state index is 12.1. The van der Waals surface area contributed by atoms with Gasteiger partial charge in [0, 0.05) is 10.7 Å². The van der Waals surface area contributed by atoms with E-state index in [2.05, 4.69) is 5.32 Å². The number of carbonyl (C=O) groups excluding carboxylic acids is 1. The zero-order chi connectivity index (χ0) is 16.1. The molecule has 0 saturated carbocycles. The Bertz CT molecular complexity index is 794. The maximum Gasteiger partial charge on any atom is 0.266 e. The van der Waals surface area contributed by atoms with E-state index >= 15 is 0 Å². The van der Waals surface area contributed by atoms with Crippen LogP contribution >= 0.6 is 11.6 Å². The minimum atomic E-state index is -0.600. The number of amides is 1. The third-order valence-corrected chi connectivity index (χ3v) is 2.99. The van der Waals surface area contributed by atoms with E-state index in [1.54, 1.807) is 30.3 Å². The first-order valence-corrected chi connectivity index (χ1v) is 6.58. The molecule has 0 aromatic heterocycles. The SMILES string of the molecule is N#CC(=Cc1ccc(O)c(O)c1)C(=O)Nc1cccc(Cl)c1. The Labute approximate surface area is 131 Å². The molecule has 0 heterocycles. The van der Waals surface area contributed by atoms with Gasteiger partial charge in [-0.1, -0.05) is 23.7 Å². The third kappa shape index (κ3) is 3.78. The zero-order valence-electron chi connectivity index (χ0n) is 11.2. The lowest BCUT2D eigenvalue weighted by atomic mass is 10.1. The topological polar surface area (TPSA) is 93.3 Å². The van der Waals surface area contributed by atoms with Crippen LogP contribution in [0.15, 0.2) is 48.0 Å². The molecule has 0 aliphatic carbocycles. The van der Waals surface area contributed by atoms with Crippen molar-refractivity contribution in [3.05, 3.63) is 58.6 Å². The Kier molecular flexibility index (Phi) is 4.66. The van der Waals surface area contributed by atoms with E-state index in [0.29, 0.717) is 16.3 Å². The quantitative estimate of drug-likeness (QED) is 0.460. The highest BCUT2D eigenvalue weighted by Crippen LogP contribution is 2.26. The average Bonchev–Trinajstić information content (AvgIpc) is 2.48. The van der Waals surface area contributed by atoms with Crippen LogP contribution in [0.5, 0.6) is 11.5 Å². The molecule has 0 aliphatic rings. The van der Waals surface area contributed by atoms with Crippen molar-refractivity contribution in [3.63, 3.8) is 0 Å². The lowest BCUT2D eigenvalue weighted by molar-refractivity contribution is -0.112. The van der Waals surface area contributed by atoms with Crippen molar-refractivity contribution < 1.29 is 15.0 Å². The van der Waals surface area contributed by atoms with E-state index in [-0.39, 0.29) is 17.1 Å². The number of aromatic hydroxyl groups is 2. The molecule has 5 nitrogen and oxygen atoms in total. The molecule has 2 aromatic carbocycles. The van der Waals surface area contributed by atoms with Gasteiger partial charge in [-0.05, 0) is 42.0 Å². The first-order chi connectivity index (χ1) is 10.5. The normalized spacial score (nSPS) is 10.8. The summed E-state index contributed by atoms with van der Waals surface area (Å²) in [6.07, 6.45) is 1.30. The molecule has 0 bridgehead atoms. The van der Waals surface area contributed by atoms with E-state index < -0.39 is 5.91 Å². The summed E-state index contributed by atoms with van der Waals surface area (Å²) in [7, 11) is 0. The number of nitriles is 1. The summed E-state index contributed by atoms with van der Waals surface area (Å²) in [5.74, 6) is -1.21. The molecule has 1 amide bonds. The highest BCUT2D eigenvalue weighted by atomic mass is 35.5. The van der Waals surface area contributed by atoms with E-state index in [9.17, 15) is 15.0 Å². The Morgan fingerprint density at radius 1 is 1.18 bits per heavy atom. The number of hydrogen-bond acceptors (Lipinski definition) is 4.